The van der Waals surface area contributed by atoms with Crippen LogP contribution in [-0.4, -0.2) is 33.5 Å². The van der Waals surface area contributed by atoms with Crippen molar-refractivity contribution in [2.45, 2.75) is 19.6 Å². The molecule has 0 N–H and O–H groups in total. The fourth-order valence-electron chi connectivity index (χ4n) is 2.94. The van der Waals surface area contributed by atoms with Gasteiger partial charge in [-0.05, 0) is 12.1 Å². The topological polar surface area (TPSA) is 98.7 Å². The molecular weight excluding hydrogens is 350 g/mol. The van der Waals surface area contributed by atoms with Gasteiger partial charge in [0, 0.05) is 18.5 Å². The number of furan rings is 1. The lowest BCUT2D eigenvalue weighted by Crippen LogP contribution is -2.26. The monoisotopic (exact) mass is 367 g/mol. The summed E-state index contributed by atoms with van der Waals surface area (Å²) in [4.78, 5) is 30.2. The smallest absolute Gasteiger partial charge is 0.311 e. The highest BCUT2D eigenvalue weighted by Crippen LogP contribution is 2.22. The Labute approximate surface area is 154 Å². The fourth-order valence-corrected chi connectivity index (χ4v) is 2.94. The molecule has 0 saturated carbocycles. The molecule has 3 heterocycles. The van der Waals surface area contributed by atoms with Crippen molar-refractivity contribution in [1.82, 2.24) is 15.0 Å². The van der Waals surface area contributed by atoms with E-state index in [0.29, 0.717) is 24.7 Å². The number of likely N-dealkylation sites (tertiary alicyclic amines) is 1. The summed E-state index contributed by atoms with van der Waals surface area (Å²) in [6.07, 6.45) is 1.67. The van der Waals surface area contributed by atoms with Gasteiger partial charge in [0.1, 0.15) is 5.76 Å². The van der Waals surface area contributed by atoms with Crippen LogP contribution in [0.4, 0.5) is 0 Å². The molecule has 1 aliphatic rings. The van der Waals surface area contributed by atoms with Gasteiger partial charge < -0.3 is 18.6 Å². The van der Waals surface area contributed by atoms with Crippen LogP contribution in [0.1, 0.15) is 18.1 Å². The minimum Gasteiger partial charge on any atom is -0.467 e. The Morgan fingerprint density at radius 1 is 1.22 bits per heavy atom. The summed E-state index contributed by atoms with van der Waals surface area (Å²) in [5.41, 5.74) is 0.814. The summed E-state index contributed by atoms with van der Waals surface area (Å²) in [6, 6.07) is 12.9. The van der Waals surface area contributed by atoms with Gasteiger partial charge in [-0.25, -0.2) is 0 Å². The van der Waals surface area contributed by atoms with Gasteiger partial charge in [0.25, 0.3) is 5.89 Å². The zero-order valence-corrected chi connectivity index (χ0v) is 14.4. The van der Waals surface area contributed by atoms with Crippen molar-refractivity contribution in [2.24, 2.45) is 5.92 Å². The molecule has 0 aliphatic carbocycles. The van der Waals surface area contributed by atoms with E-state index in [2.05, 4.69) is 10.1 Å². The summed E-state index contributed by atoms with van der Waals surface area (Å²) in [5.74, 6) is 0.254. The molecule has 1 unspecified atom stereocenters. The molecule has 4 rings (SSSR count). The first-order chi connectivity index (χ1) is 13.2. The molecule has 1 fully saturated rings. The van der Waals surface area contributed by atoms with Crippen molar-refractivity contribution in [1.29, 1.82) is 0 Å². The summed E-state index contributed by atoms with van der Waals surface area (Å²) in [7, 11) is 0. The van der Waals surface area contributed by atoms with Gasteiger partial charge >= 0.3 is 5.97 Å². The quantitative estimate of drug-likeness (QED) is 0.617. The maximum Gasteiger partial charge on any atom is 0.311 e. The van der Waals surface area contributed by atoms with E-state index in [1.165, 1.54) is 0 Å². The van der Waals surface area contributed by atoms with Gasteiger partial charge in [-0.15, -0.1) is 0 Å². The third-order valence-electron chi connectivity index (χ3n) is 4.31. The first-order valence-corrected chi connectivity index (χ1v) is 8.54. The predicted molar refractivity (Wildman–Crippen MR) is 91.8 cm³/mol. The minimum atomic E-state index is -0.510. The minimum absolute atomic E-state index is 0.0995. The molecular formula is C19H17N3O5. The van der Waals surface area contributed by atoms with Crippen molar-refractivity contribution in [3.8, 4) is 11.4 Å². The second-order valence-corrected chi connectivity index (χ2v) is 6.24. The zero-order valence-electron chi connectivity index (χ0n) is 14.4. The number of hydrogen-bond acceptors (Lipinski definition) is 7. The Hall–Kier alpha value is -3.42. The van der Waals surface area contributed by atoms with Crippen LogP contribution in [0.2, 0.25) is 0 Å². The molecule has 0 spiro atoms. The molecule has 8 heteroatoms. The van der Waals surface area contributed by atoms with Gasteiger partial charge in [0.05, 0.1) is 18.7 Å². The van der Waals surface area contributed by atoms with E-state index in [9.17, 15) is 9.59 Å². The lowest BCUT2D eigenvalue weighted by atomic mass is 10.1. The molecule has 1 aliphatic heterocycles. The number of hydrogen-bond donors (Lipinski definition) is 0. The zero-order chi connectivity index (χ0) is 18.6. The number of ether oxygens (including phenoxy) is 1. The second-order valence-electron chi connectivity index (χ2n) is 6.24. The molecule has 2 aromatic heterocycles. The summed E-state index contributed by atoms with van der Waals surface area (Å²) < 4.78 is 15.6. The first kappa shape index (κ1) is 17.0. The van der Waals surface area contributed by atoms with E-state index >= 15 is 0 Å². The molecule has 0 radical (unpaired) electrons. The lowest BCUT2D eigenvalue weighted by Gasteiger charge is -2.14. The predicted octanol–water partition coefficient (Wildman–Crippen LogP) is 2.42. The maximum absolute atomic E-state index is 12.3. The molecule has 138 valence electrons. The van der Waals surface area contributed by atoms with Crippen LogP contribution < -0.4 is 0 Å². The number of aromatic nitrogens is 2. The first-order valence-electron chi connectivity index (χ1n) is 8.54. The van der Waals surface area contributed by atoms with Crippen LogP contribution in [0.5, 0.6) is 0 Å². The molecule has 3 aromatic rings. The number of amides is 1. The summed E-state index contributed by atoms with van der Waals surface area (Å²) in [6.45, 7) is 0.527. The van der Waals surface area contributed by atoms with Gasteiger partial charge in [0.2, 0.25) is 11.7 Å². The molecule has 0 bridgehead atoms. The van der Waals surface area contributed by atoms with E-state index < -0.39 is 11.9 Å². The van der Waals surface area contributed by atoms with Crippen molar-refractivity contribution in [3.05, 3.63) is 60.4 Å². The Bertz CT molecular complexity index is 920. The Balaban J connectivity index is 1.31. The molecule has 8 nitrogen and oxygen atoms in total. The van der Waals surface area contributed by atoms with Gasteiger partial charge in [-0.1, -0.05) is 35.5 Å². The van der Waals surface area contributed by atoms with Crippen LogP contribution in [0.3, 0.4) is 0 Å². The average Bonchev–Trinajstić information content (AvgIpc) is 3.43. The van der Waals surface area contributed by atoms with E-state index in [1.807, 2.05) is 30.3 Å². The van der Waals surface area contributed by atoms with Crippen LogP contribution >= 0.6 is 0 Å². The van der Waals surface area contributed by atoms with E-state index in [1.54, 1.807) is 23.3 Å². The molecule has 1 saturated heterocycles. The summed E-state index contributed by atoms with van der Waals surface area (Å²) in [5, 5.41) is 3.88. The average molecular weight is 367 g/mol. The van der Waals surface area contributed by atoms with E-state index in [0.717, 1.165) is 5.56 Å². The standard InChI is InChI=1S/C19H17N3O5/c23-17-9-14(10-22(17)11-15-7-4-8-25-15)19(24)26-12-16-20-18(21-27-16)13-5-2-1-3-6-13/h1-8,14H,9-12H2. The van der Waals surface area contributed by atoms with Gasteiger partial charge in [-0.3, -0.25) is 9.59 Å². The highest BCUT2D eigenvalue weighted by Gasteiger charge is 2.35. The molecule has 1 atom stereocenters. The van der Waals surface area contributed by atoms with Crippen LogP contribution in [0.15, 0.2) is 57.7 Å². The molecule has 1 aromatic carbocycles. The number of benzene rings is 1. The summed E-state index contributed by atoms with van der Waals surface area (Å²) >= 11 is 0. The largest absolute Gasteiger partial charge is 0.467 e. The number of rotatable bonds is 6. The number of carbonyl (C=O) groups excluding carboxylic acids is 2. The van der Waals surface area contributed by atoms with Crippen LogP contribution in [0, 0.1) is 5.92 Å². The molecule has 1 amide bonds. The van der Waals surface area contributed by atoms with Gasteiger partial charge in [0.15, 0.2) is 6.61 Å². The number of esters is 1. The van der Waals surface area contributed by atoms with Crippen molar-refractivity contribution < 1.29 is 23.3 Å². The van der Waals surface area contributed by atoms with Gasteiger partial charge in [-0.2, -0.15) is 4.98 Å². The highest BCUT2D eigenvalue weighted by atomic mass is 16.6. The van der Waals surface area contributed by atoms with E-state index in [4.69, 9.17) is 13.7 Å². The lowest BCUT2D eigenvalue weighted by molar-refractivity contribution is -0.150. The maximum atomic E-state index is 12.3. The Morgan fingerprint density at radius 2 is 2.07 bits per heavy atom. The number of nitrogens with zero attached hydrogens (tertiary/aromatic N) is 3. The highest BCUT2D eigenvalue weighted by molar-refractivity contribution is 5.86. The Kier molecular flexibility index (Phi) is 4.69. The molecule has 27 heavy (non-hydrogen) atoms. The SMILES string of the molecule is O=C(OCc1nc(-c2ccccc2)no1)C1CC(=O)N(Cc2ccco2)C1. The van der Waals surface area contributed by atoms with Crippen molar-refractivity contribution in [2.75, 3.05) is 6.54 Å². The second kappa shape index (κ2) is 7.45. The van der Waals surface area contributed by atoms with Crippen molar-refractivity contribution >= 4 is 11.9 Å². The third-order valence-corrected chi connectivity index (χ3v) is 4.31. The van der Waals surface area contributed by atoms with E-state index in [-0.39, 0.29) is 24.8 Å². The Morgan fingerprint density at radius 3 is 2.85 bits per heavy atom. The normalized spacial score (nSPS) is 16.7. The number of carbonyl (C=O) groups is 2. The van der Waals surface area contributed by atoms with Crippen LogP contribution in [-0.2, 0) is 27.5 Å². The fraction of sp³-hybridized carbons (Fsp3) is 0.263. The third kappa shape index (κ3) is 3.89. The van der Waals surface area contributed by atoms with Crippen LogP contribution in [0.25, 0.3) is 11.4 Å². The van der Waals surface area contributed by atoms with Crippen molar-refractivity contribution in [3.63, 3.8) is 0 Å².